The number of hydrogen-bond acceptors (Lipinski definition) is 4. The monoisotopic (exact) mass is 210 g/mol. The maximum absolute atomic E-state index is 11.6. The molecule has 0 saturated carbocycles. The first-order chi connectivity index (χ1) is 7.18. The molecule has 2 heterocycles. The summed E-state index contributed by atoms with van der Waals surface area (Å²) in [4.78, 5) is 34.1. The van der Waals surface area contributed by atoms with Crippen molar-refractivity contribution < 1.29 is 14.4 Å². The first kappa shape index (κ1) is 10.3. The molecule has 0 aromatic rings. The SMILES string of the molecule is O=C1CC(=O)C(C2CCNCC2)C(=O)N1. The molecule has 2 saturated heterocycles. The highest BCUT2D eigenvalue weighted by Crippen LogP contribution is 2.25. The number of piperidine rings is 2. The average molecular weight is 210 g/mol. The second-order valence-electron chi connectivity index (χ2n) is 4.12. The van der Waals surface area contributed by atoms with E-state index in [0.717, 1.165) is 25.9 Å². The van der Waals surface area contributed by atoms with Crippen LogP contribution >= 0.6 is 0 Å². The van der Waals surface area contributed by atoms with E-state index in [1.165, 1.54) is 0 Å². The molecule has 2 aliphatic heterocycles. The Bertz CT molecular complexity index is 288. The second-order valence-corrected chi connectivity index (χ2v) is 4.12. The van der Waals surface area contributed by atoms with Gasteiger partial charge in [0.1, 0.15) is 5.92 Å². The number of amides is 2. The Morgan fingerprint density at radius 1 is 1.07 bits per heavy atom. The minimum absolute atomic E-state index is 0.104. The zero-order chi connectivity index (χ0) is 10.8. The topological polar surface area (TPSA) is 75.3 Å². The largest absolute Gasteiger partial charge is 0.317 e. The summed E-state index contributed by atoms with van der Waals surface area (Å²) in [5, 5.41) is 5.42. The molecule has 2 rings (SSSR count). The molecule has 2 aliphatic rings. The van der Waals surface area contributed by atoms with Crippen LogP contribution in [0.25, 0.3) is 0 Å². The van der Waals surface area contributed by atoms with Gasteiger partial charge in [0, 0.05) is 0 Å². The minimum atomic E-state index is -0.593. The van der Waals surface area contributed by atoms with Crippen molar-refractivity contribution in [3.8, 4) is 0 Å². The Labute approximate surface area is 87.6 Å². The van der Waals surface area contributed by atoms with Gasteiger partial charge in [-0.1, -0.05) is 0 Å². The van der Waals surface area contributed by atoms with Gasteiger partial charge < -0.3 is 5.32 Å². The number of ketones is 1. The molecule has 0 aromatic carbocycles. The van der Waals surface area contributed by atoms with Gasteiger partial charge in [-0.15, -0.1) is 0 Å². The van der Waals surface area contributed by atoms with Gasteiger partial charge in [0.25, 0.3) is 0 Å². The molecule has 1 unspecified atom stereocenters. The van der Waals surface area contributed by atoms with E-state index in [9.17, 15) is 14.4 Å². The molecule has 1 atom stereocenters. The highest BCUT2D eigenvalue weighted by atomic mass is 16.2. The van der Waals surface area contributed by atoms with Crippen LogP contribution in [0.4, 0.5) is 0 Å². The third kappa shape index (κ3) is 2.07. The molecule has 2 amide bonds. The van der Waals surface area contributed by atoms with Crippen LogP contribution in [-0.2, 0) is 14.4 Å². The number of Topliss-reactive ketones (excluding diaryl/α,β-unsaturated/α-hetero) is 1. The minimum Gasteiger partial charge on any atom is -0.317 e. The number of carbonyl (C=O) groups excluding carboxylic acids is 3. The van der Waals surface area contributed by atoms with E-state index in [1.54, 1.807) is 0 Å². The van der Waals surface area contributed by atoms with Gasteiger partial charge in [0.15, 0.2) is 5.78 Å². The third-order valence-electron chi connectivity index (χ3n) is 3.08. The molecule has 0 spiro atoms. The molecule has 0 aromatic heterocycles. The maximum Gasteiger partial charge on any atom is 0.237 e. The third-order valence-corrected chi connectivity index (χ3v) is 3.08. The number of hydrogen-bond donors (Lipinski definition) is 2. The Kier molecular flexibility index (Phi) is 2.81. The van der Waals surface area contributed by atoms with Crippen molar-refractivity contribution in [2.45, 2.75) is 19.3 Å². The smallest absolute Gasteiger partial charge is 0.237 e. The van der Waals surface area contributed by atoms with Gasteiger partial charge >= 0.3 is 0 Å². The van der Waals surface area contributed by atoms with Crippen molar-refractivity contribution in [2.24, 2.45) is 11.8 Å². The van der Waals surface area contributed by atoms with Crippen LogP contribution in [0.1, 0.15) is 19.3 Å². The molecule has 2 N–H and O–H groups in total. The lowest BCUT2D eigenvalue weighted by molar-refractivity contribution is -0.145. The molecule has 5 nitrogen and oxygen atoms in total. The van der Waals surface area contributed by atoms with Crippen molar-refractivity contribution in [3.63, 3.8) is 0 Å². The molecule has 5 heteroatoms. The molecular formula is C10H14N2O3. The van der Waals surface area contributed by atoms with Gasteiger partial charge in [-0.25, -0.2) is 0 Å². The van der Waals surface area contributed by atoms with Crippen LogP contribution < -0.4 is 10.6 Å². The zero-order valence-electron chi connectivity index (χ0n) is 8.41. The Morgan fingerprint density at radius 3 is 2.33 bits per heavy atom. The molecule has 0 aliphatic carbocycles. The predicted octanol–water partition coefficient (Wildman–Crippen LogP) is -0.782. The van der Waals surface area contributed by atoms with Gasteiger partial charge in [0.05, 0.1) is 6.42 Å². The van der Waals surface area contributed by atoms with Crippen LogP contribution in [0.2, 0.25) is 0 Å². The lowest BCUT2D eigenvalue weighted by Crippen LogP contribution is -2.50. The van der Waals surface area contributed by atoms with Crippen LogP contribution in [0.15, 0.2) is 0 Å². The van der Waals surface area contributed by atoms with E-state index in [-0.39, 0.29) is 18.1 Å². The normalized spacial score (nSPS) is 29.1. The second kappa shape index (κ2) is 4.10. The van der Waals surface area contributed by atoms with E-state index in [1.807, 2.05) is 0 Å². The molecule has 0 radical (unpaired) electrons. The fourth-order valence-electron chi connectivity index (χ4n) is 2.33. The van der Waals surface area contributed by atoms with Gasteiger partial charge in [-0.05, 0) is 31.8 Å². The lowest BCUT2D eigenvalue weighted by atomic mass is 9.79. The van der Waals surface area contributed by atoms with Crippen molar-refractivity contribution in [1.82, 2.24) is 10.6 Å². The molecule has 0 bridgehead atoms. The summed E-state index contributed by atoms with van der Waals surface area (Å²) in [6, 6.07) is 0. The quantitative estimate of drug-likeness (QED) is 0.439. The predicted molar refractivity (Wildman–Crippen MR) is 51.9 cm³/mol. The van der Waals surface area contributed by atoms with Gasteiger partial charge in [-0.3, -0.25) is 19.7 Å². The number of nitrogens with one attached hydrogen (secondary N) is 2. The molecule has 15 heavy (non-hydrogen) atoms. The summed E-state index contributed by atoms with van der Waals surface area (Å²) in [6.07, 6.45) is 1.52. The van der Waals surface area contributed by atoms with Crippen LogP contribution in [0.3, 0.4) is 0 Å². The van der Waals surface area contributed by atoms with Crippen molar-refractivity contribution in [3.05, 3.63) is 0 Å². The first-order valence-corrected chi connectivity index (χ1v) is 5.25. The standard InChI is InChI=1S/C10H14N2O3/c13-7-5-8(14)12-10(15)9(7)6-1-3-11-4-2-6/h6,9,11H,1-5H2,(H,12,14,15). The van der Waals surface area contributed by atoms with Crippen LogP contribution in [0, 0.1) is 11.8 Å². The van der Waals surface area contributed by atoms with Crippen molar-refractivity contribution in [2.75, 3.05) is 13.1 Å². The highest BCUT2D eigenvalue weighted by Gasteiger charge is 2.39. The molecular weight excluding hydrogens is 196 g/mol. The number of imide groups is 1. The maximum atomic E-state index is 11.6. The summed E-state index contributed by atoms with van der Waals surface area (Å²) in [6.45, 7) is 1.69. The number of rotatable bonds is 1. The summed E-state index contributed by atoms with van der Waals surface area (Å²) >= 11 is 0. The average Bonchev–Trinajstić information content (AvgIpc) is 2.17. The van der Waals surface area contributed by atoms with E-state index in [4.69, 9.17) is 0 Å². The lowest BCUT2D eigenvalue weighted by Gasteiger charge is -2.30. The van der Waals surface area contributed by atoms with Crippen molar-refractivity contribution >= 4 is 17.6 Å². The first-order valence-electron chi connectivity index (χ1n) is 5.25. The van der Waals surface area contributed by atoms with E-state index in [0.29, 0.717) is 0 Å². The van der Waals surface area contributed by atoms with E-state index < -0.39 is 17.7 Å². The fourth-order valence-corrected chi connectivity index (χ4v) is 2.33. The fraction of sp³-hybridized carbons (Fsp3) is 0.700. The van der Waals surface area contributed by atoms with E-state index in [2.05, 4.69) is 10.6 Å². The van der Waals surface area contributed by atoms with E-state index >= 15 is 0 Å². The highest BCUT2D eigenvalue weighted by molar-refractivity contribution is 6.18. The van der Waals surface area contributed by atoms with Gasteiger partial charge in [0.2, 0.25) is 11.8 Å². The summed E-state index contributed by atoms with van der Waals surface area (Å²) in [5.74, 6) is -1.56. The molecule has 2 fully saturated rings. The summed E-state index contributed by atoms with van der Waals surface area (Å²) < 4.78 is 0. The molecule has 82 valence electrons. The summed E-state index contributed by atoms with van der Waals surface area (Å²) in [7, 11) is 0. The Balaban J connectivity index is 2.09. The van der Waals surface area contributed by atoms with Crippen molar-refractivity contribution in [1.29, 1.82) is 0 Å². The zero-order valence-corrected chi connectivity index (χ0v) is 8.41. The number of carbonyl (C=O) groups is 3. The Hall–Kier alpha value is -1.23. The van der Waals surface area contributed by atoms with Crippen LogP contribution in [0.5, 0.6) is 0 Å². The van der Waals surface area contributed by atoms with Gasteiger partial charge in [-0.2, -0.15) is 0 Å². The summed E-state index contributed by atoms with van der Waals surface area (Å²) in [5.41, 5.74) is 0. The van der Waals surface area contributed by atoms with Crippen LogP contribution in [-0.4, -0.2) is 30.7 Å². The Morgan fingerprint density at radius 2 is 1.73 bits per heavy atom.